The first-order valence-corrected chi connectivity index (χ1v) is 6.07. The zero-order valence-electron chi connectivity index (χ0n) is 10.4. The first-order valence-electron chi connectivity index (χ1n) is 6.07. The van der Waals surface area contributed by atoms with Gasteiger partial charge in [0.2, 0.25) is 0 Å². The van der Waals surface area contributed by atoms with Crippen LogP contribution in [0.4, 0.5) is 0 Å². The molecule has 1 saturated heterocycles. The molecule has 1 aliphatic heterocycles. The Morgan fingerprint density at radius 1 is 1.47 bits per heavy atom. The zero-order valence-corrected chi connectivity index (χ0v) is 10.4. The van der Waals surface area contributed by atoms with Crippen LogP contribution in [0.2, 0.25) is 0 Å². The molecule has 2 N–H and O–H groups in total. The summed E-state index contributed by atoms with van der Waals surface area (Å²) < 4.78 is 5.03. The zero-order chi connectivity index (χ0) is 11.1. The Labute approximate surface area is 94.0 Å². The molecule has 0 radical (unpaired) electrons. The fourth-order valence-corrected chi connectivity index (χ4v) is 2.25. The number of ether oxygens (including phenoxy) is 1. The first-order chi connectivity index (χ1) is 7.17. The van der Waals surface area contributed by atoms with Crippen LogP contribution in [-0.2, 0) is 4.74 Å². The lowest BCUT2D eigenvalue weighted by atomic mass is 9.75. The molecule has 0 saturated carbocycles. The Morgan fingerprint density at radius 2 is 2.27 bits per heavy atom. The van der Waals surface area contributed by atoms with Crippen molar-refractivity contribution >= 4 is 0 Å². The second-order valence-corrected chi connectivity index (χ2v) is 5.20. The van der Waals surface area contributed by atoms with E-state index in [4.69, 9.17) is 4.74 Å². The summed E-state index contributed by atoms with van der Waals surface area (Å²) in [5.41, 5.74) is 0.390. The van der Waals surface area contributed by atoms with E-state index in [1.807, 2.05) is 0 Å². The summed E-state index contributed by atoms with van der Waals surface area (Å²) >= 11 is 0. The maximum Gasteiger partial charge on any atom is 0.0587 e. The van der Waals surface area contributed by atoms with Crippen LogP contribution >= 0.6 is 0 Å². The van der Waals surface area contributed by atoms with Crippen LogP contribution in [0.3, 0.4) is 0 Å². The van der Waals surface area contributed by atoms with Gasteiger partial charge < -0.3 is 15.4 Å². The smallest absolute Gasteiger partial charge is 0.0587 e. The lowest BCUT2D eigenvalue weighted by molar-refractivity contribution is 0.154. The van der Waals surface area contributed by atoms with Crippen molar-refractivity contribution in [3.8, 4) is 0 Å². The number of rotatable bonds is 6. The normalized spacial score (nSPS) is 23.0. The van der Waals surface area contributed by atoms with Crippen molar-refractivity contribution < 1.29 is 4.74 Å². The third kappa shape index (κ3) is 4.49. The van der Waals surface area contributed by atoms with E-state index in [-0.39, 0.29) is 0 Å². The average molecular weight is 214 g/mol. The fourth-order valence-electron chi connectivity index (χ4n) is 2.25. The predicted octanol–water partition coefficient (Wildman–Crippen LogP) is 1.25. The molecule has 3 heteroatoms. The first kappa shape index (κ1) is 12.9. The quantitative estimate of drug-likeness (QED) is 0.653. The standard InChI is InChI=1S/C12H26N2O/c1-12(2,10-14-7-8-15-3)11-5-4-6-13-9-11/h11,13-14H,4-10H2,1-3H3. The molecule has 0 amide bonds. The van der Waals surface area contributed by atoms with Gasteiger partial charge in [-0.2, -0.15) is 0 Å². The van der Waals surface area contributed by atoms with Crippen LogP contribution in [0, 0.1) is 11.3 Å². The van der Waals surface area contributed by atoms with Crippen LogP contribution in [0.25, 0.3) is 0 Å². The lowest BCUT2D eigenvalue weighted by Crippen LogP contribution is -2.43. The Morgan fingerprint density at radius 3 is 2.87 bits per heavy atom. The van der Waals surface area contributed by atoms with E-state index in [1.165, 1.54) is 25.9 Å². The predicted molar refractivity (Wildman–Crippen MR) is 64.1 cm³/mol. The minimum absolute atomic E-state index is 0.390. The molecule has 0 bridgehead atoms. The van der Waals surface area contributed by atoms with Gasteiger partial charge in [0.1, 0.15) is 0 Å². The molecular formula is C12H26N2O. The Balaban J connectivity index is 2.23. The maximum absolute atomic E-state index is 5.03. The number of nitrogens with one attached hydrogen (secondary N) is 2. The minimum Gasteiger partial charge on any atom is -0.383 e. The van der Waals surface area contributed by atoms with Gasteiger partial charge in [0.15, 0.2) is 0 Å². The van der Waals surface area contributed by atoms with E-state index < -0.39 is 0 Å². The molecule has 1 heterocycles. The summed E-state index contributed by atoms with van der Waals surface area (Å²) in [6, 6.07) is 0. The molecule has 1 atom stereocenters. The summed E-state index contributed by atoms with van der Waals surface area (Å²) in [6.07, 6.45) is 2.69. The summed E-state index contributed by atoms with van der Waals surface area (Å²) in [7, 11) is 1.75. The second kappa shape index (κ2) is 6.46. The number of methoxy groups -OCH3 is 1. The highest BCUT2D eigenvalue weighted by Crippen LogP contribution is 2.30. The molecule has 0 aromatic heterocycles. The van der Waals surface area contributed by atoms with E-state index in [2.05, 4.69) is 24.5 Å². The van der Waals surface area contributed by atoms with E-state index >= 15 is 0 Å². The molecule has 0 aliphatic carbocycles. The van der Waals surface area contributed by atoms with Crippen molar-refractivity contribution in [2.75, 3.05) is 39.9 Å². The lowest BCUT2D eigenvalue weighted by Gasteiger charge is -2.37. The van der Waals surface area contributed by atoms with Crippen LogP contribution < -0.4 is 10.6 Å². The average Bonchev–Trinajstić information content (AvgIpc) is 2.26. The fraction of sp³-hybridized carbons (Fsp3) is 1.00. The van der Waals surface area contributed by atoms with Crippen LogP contribution in [0.15, 0.2) is 0 Å². The summed E-state index contributed by atoms with van der Waals surface area (Å²) in [5.74, 6) is 0.807. The van der Waals surface area contributed by atoms with E-state index in [0.717, 1.165) is 25.6 Å². The molecule has 3 nitrogen and oxygen atoms in total. The van der Waals surface area contributed by atoms with Gasteiger partial charge in [-0.1, -0.05) is 13.8 Å². The van der Waals surface area contributed by atoms with Crippen LogP contribution in [-0.4, -0.2) is 39.9 Å². The van der Waals surface area contributed by atoms with Gasteiger partial charge in [-0.3, -0.25) is 0 Å². The Hall–Kier alpha value is -0.120. The second-order valence-electron chi connectivity index (χ2n) is 5.20. The molecule has 0 aromatic rings. The summed E-state index contributed by atoms with van der Waals surface area (Å²) in [5, 5.41) is 6.96. The molecule has 0 aromatic carbocycles. The monoisotopic (exact) mass is 214 g/mol. The molecule has 1 aliphatic rings. The van der Waals surface area contributed by atoms with E-state index in [9.17, 15) is 0 Å². The van der Waals surface area contributed by atoms with Crippen molar-refractivity contribution in [3.05, 3.63) is 0 Å². The maximum atomic E-state index is 5.03. The molecule has 1 unspecified atom stereocenters. The summed E-state index contributed by atoms with van der Waals surface area (Å²) in [6.45, 7) is 9.96. The van der Waals surface area contributed by atoms with E-state index in [0.29, 0.717) is 5.41 Å². The molecule has 1 rings (SSSR count). The third-order valence-electron chi connectivity index (χ3n) is 3.47. The van der Waals surface area contributed by atoms with Crippen molar-refractivity contribution in [2.24, 2.45) is 11.3 Å². The Kier molecular flexibility index (Phi) is 5.58. The molecule has 0 spiro atoms. The van der Waals surface area contributed by atoms with Gasteiger partial charge in [-0.25, -0.2) is 0 Å². The van der Waals surface area contributed by atoms with Gasteiger partial charge in [0.05, 0.1) is 6.61 Å². The summed E-state index contributed by atoms with van der Waals surface area (Å²) in [4.78, 5) is 0. The van der Waals surface area contributed by atoms with Gasteiger partial charge in [-0.15, -0.1) is 0 Å². The SMILES string of the molecule is COCCNCC(C)(C)C1CCCNC1. The van der Waals surface area contributed by atoms with Gasteiger partial charge in [-0.05, 0) is 37.3 Å². The molecule has 90 valence electrons. The highest BCUT2D eigenvalue weighted by Gasteiger charge is 2.29. The Bertz CT molecular complexity index is 165. The highest BCUT2D eigenvalue weighted by atomic mass is 16.5. The number of hydrogen-bond donors (Lipinski definition) is 2. The highest BCUT2D eigenvalue weighted by molar-refractivity contribution is 4.84. The topological polar surface area (TPSA) is 33.3 Å². The number of piperidine rings is 1. The third-order valence-corrected chi connectivity index (χ3v) is 3.47. The van der Waals surface area contributed by atoms with Crippen molar-refractivity contribution in [3.63, 3.8) is 0 Å². The largest absolute Gasteiger partial charge is 0.383 e. The molecule has 15 heavy (non-hydrogen) atoms. The molecule has 1 fully saturated rings. The van der Waals surface area contributed by atoms with Crippen LogP contribution in [0.5, 0.6) is 0 Å². The van der Waals surface area contributed by atoms with Crippen molar-refractivity contribution in [1.29, 1.82) is 0 Å². The minimum atomic E-state index is 0.390. The molecular weight excluding hydrogens is 188 g/mol. The van der Waals surface area contributed by atoms with Crippen LogP contribution in [0.1, 0.15) is 26.7 Å². The van der Waals surface area contributed by atoms with Gasteiger partial charge in [0, 0.05) is 20.2 Å². The van der Waals surface area contributed by atoms with Gasteiger partial charge in [0.25, 0.3) is 0 Å². The van der Waals surface area contributed by atoms with Gasteiger partial charge >= 0.3 is 0 Å². The van der Waals surface area contributed by atoms with Crippen molar-refractivity contribution in [2.45, 2.75) is 26.7 Å². The number of hydrogen-bond acceptors (Lipinski definition) is 3. The van der Waals surface area contributed by atoms with Crippen molar-refractivity contribution in [1.82, 2.24) is 10.6 Å². The van der Waals surface area contributed by atoms with E-state index in [1.54, 1.807) is 7.11 Å².